The van der Waals surface area contributed by atoms with Gasteiger partial charge >= 0.3 is 15.2 Å². The number of hydrogen-bond donors (Lipinski definition) is 5. The number of benzene rings is 1. The molecule has 0 spiro atoms. The van der Waals surface area contributed by atoms with Crippen LogP contribution in [0.3, 0.4) is 0 Å². The van der Waals surface area contributed by atoms with Crippen LogP contribution in [0, 0.1) is 0 Å². The quantitative estimate of drug-likeness (QED) is 0.298. The average molecular weight is 446 g/mol. The van der Waals surface area contributed by atoms with E-state index >= 15 is 0 Å². The molecule has 1 unspecified atom stereocenters. The van der Waals surface area contributed by atoms with Crippen LogP contribution in [0.25, 0.3) is 0 Å². The van der Waals surface area contributed by atoms with Crippen molar-refractivity contribution in [2.24, 2.45) is 0 Å². The predicted octanol–water partition coefficient (Wildman–Crippen LogP) is 2.93. The monoisotopic (exact) mass is 446 g/mol. The second-order valence-corrected chi connectivity index (χ2v) is 12.4. The summed E-state index contributed by atoms with van der Waals surface area (Å²) >= 11 is 0. The van der Waals surface area contributed by atoms with Crippen LogP contribution < -0.4 is 0 Å². The molecule has 1 aromatic carbocycles. The molecule has 0 amide bonds. The molecular formula is C15H28O9P2S. The first-order chi connectivity index (χ1) is 12.0. The normalized spacial score (nSPS) is 14.2. The Balaban J connectivity index is 0.00000119. The van der Waals surface area contributed by atoms with E-state index in [0.29, 0.717) is 19.1 Å². The third-order valence-electron chi connectivity index (χ3n) is 4.22. The molecule has 0 aliphatic rings. The van der Waals surface area contributed by atoms with E-state index in [2.05, 4.69) is 0 Å². The Bertz CT molecular complexity index is 738. The molecule has 0 heterocycles. The SMILES string of the molecule is CCC(CCCC(C)(P(=O)(O)O)P(=O)(O)O)c1ccccc1.CS(=O)(=O)O. The lowest BCUT2D eigenvalue weighted by Gasteiger charge is -2.31. The van der Waals surface area contributed by atoms with Crippen LogP contribution in [0.4, 0.5) is 0 Å². The highest BCUT2D eigenvalue weighted by Crippen LogP contribution is 2.70. The van der Waals surface area contributed by atoms with Crippen molar-refractivity contribution in [2.75, 3.05) is 6.26 Å². The molecular weight excluding hydrogens is 418 g/mol. The first-order valence-corrected chi connectivity index (χ1v) is 13.2. The maximum absolute atomic E-state index is 11.5. The lowest BCUT2D eigenvalue weighted by Crippen LogP contribution is -2.25. The van der Waals surface area contributed by atoms with E-state index < -0.39 is 30.2 Å². The van der Waals surface area contributed by atoms with Crippen molar-refractivity contribution >= 4 is 25.3 Å². The van der Waals surface area contributed by atoms with E-state index in [1.54, 1.807) is 0 Å². The predicted molar refractivity (Wildman–Crippen MR) is 103 cm³/mol. The van der Waals surface area contributed by atoms with Gasteiger partial charge in [-0.3, -0.25) is 13.7 Å². The van der Waals surface area contributed by atoms with Crippen molar-refractivity contribution in [1.82, 2.24) is 0 Å². The van der Waals surface area contributed by atoms with Gasteiger partial charge in [-0.1, -0.05) is 43.7 Å². The first kappa shape index (κ1) is 26.4. The fourth-order valence-electron chi connectivity index (χ4n) is 2.48. The molecule has 1 rings (SSSR count). The molecule has 0 bridgehead atoms. The van der Waals surface area contributed by atoms with Gasteiger partial charge in [-0.05, 0) is 37.7 Å². The van der Waals surface area contributed by atoms with E-state index in [9.17, 15) is 37.1 Å². The minimum atomic E-state index is -4.91. The summed E-state index contributed by atoms with van der Waals surface area (Å²) in [6.07, 6.45) is 2.31. The summed E-state index contributed by atoms with van der Waals surface area (Å²) in [6, 6.07) is 9.73. The molecule has 5 N–H and O–H groups in total. The summed E-state index contributed by atoms with van der Waals surface area (Å²) in [5, 5.41) is 0. The highest BCUT2D eigenvalue weighted by atomic mass is 32.2. The summed E-state index contributed by atoms with van der Waals surface area (Å²) in [5.74, 6) is 0.207. The van der Waals surface area contributed by atoms with Crippen molar-refractivity contribution < 1.29 is 41.7 Å². The highest BCUT2D eigenvalue weighted by molar-refractivity contribution is 7.85. The lowest BCUT2D eigenvalue weighted by atomic mass is 9.91. The maximum atomic E-state index is 11.5. The summed E-state index contributed by atoms with van der Waals surface area (Å²) in [4.78, 5) is 35.0. The van der Waals surface area contributed by atoms with E-state index in [1.807, 2.05) is 37.3 Å². The van der Waals surface area contributed by atoms with Gasteiger partial charge < -0.3 is 19.6 Å². The molecule has 0 aliphatic heterocycles. The van der Waals surface area contributed by atoms with E-state index in [-0.39, 0.29) is 12.3 Å². The fraction of sp³-hybridized carbons (Fsp3) is 0.600. The molecule has 158 valence electrons. The van der Waals surface area contributed by atoms with Crippen LogP contribution >= 0.6 is 15.2 Å². The van der Waals surface area contributed by atoms with Crippen LogP contribution in [0.5, 0.6) is 0 Å². The smallest absolute Gasteiger partial charge is 0.324 e. The molecule has 0 fully saturated rings. The molecule has 12 heteroatoms. The van der Waals surface area contributed by atoms with Crippen LogP contribution in [0.15, 0.2) is 30.3 Å². The number of rotatable bonds is 8. The van der Waals surface area contributed by atoms with Crippen molar-refractivity contribution in [1.29, 1.82) is 0 Å². The van der Waals surface area contributed by atoms with Gasteiger partial charge in [0.2, 0.25) is 0 Å². The summed E-state index contributed by atoms with van der Waals surface area (Å²) in [5.41, 5.74) is 1.12. The molecule has 0 saturated carbocycles. The zero-order valence-electron chi connectivity index (χ0n) is 15.5. The highest BCUT2D eigenvalue weighted by Gasteiger charge is 2.55. The molecule has 1 atom stereocenters. The molecule has 0 aromatic heterocycles. The van der Waals surface area contributed by atoms with Crippen LogP contribution in [0.1, 0.15) is 51.0 Å². The fourth-order valence-corrected chi connectivity index (χ4v) is 4.73. The summed E-state index contributed by atoms with van der Waals surface area (Å²) < 4.78 is 48.9. The molecule has 1 aromatic rings. The molecule has 9 nitrogen and oxygen atoms in total. The van der Waals surface area contributed by atoms with Crippen LogP contribution in [-0.4, -0.2) is 43.7 Å². The third-order valence-corrected chi connectivity index (χ3v) is 8.74. The van der Waals surface area contributed by atoms with Gasteiger partial charge in [0.15, 0.2) is 4.90 Å². The van der Waals surface area contributed by atoms with Gasteiger partial charge in [0.05, 0.1) is 6.26 Å². The largest absolute Gasteiger partial charge is 0.343 e. The maximum Gasteiger partial charge on any atom is 0.343 e. The van der Waals surface area contributed by atoms with Gasteiger partial charge in [-0.15, -0.1) is 0 Å². The number of hydrogen-bond acceptors (Lipinski definition) is 4. The zero-order chi connectivity index (χ0) is 21.5. The second kappa shape index (κ2) is 10.3. The Kier molecular flexibility index (Phi) is 10.1. The lowest BCUT2D eigenvalue weighted by molar-refractivity contribution is 0.304. The van der Waals surface area contributed by atoms with Gasteiger partial charge in [0.1, 0.15) is 0 Å². The molecule has 0 saturated heterocycles. The average Bonchev–Trinajstić information content (AvgIpc) is 2.48. The van der Waals surface area contributed by atoms with Crippen molar-refractivity contribution in [3.8, 4) is 0 Å². The topological polar surface area (TPSA) is 169 Å². The Morgan fingerprint density at radius 3 is 1.78 bits per heavy atom. The van der Waals surface area contributed by atoms with Crippen LogP contribution in [-0.2, 0) is 19.2 Å². The van der Waals surface area contributed by atoms with Crippen LogP contribution in [0.2, 0.25) is 0 Å². The first-order valence-electron chi connectivity index (χ1n) is 8.11. The van der Waals surface area contributed by atoms with Crippen molar-refractivity contribution in [3.63, 3.8) is 0 Å². The third kappa shape index (κ3) is 9.45. The summed E-state index contributed by atoms with van der Waals surface area (Å²) in [6.45, 7) is 2.99. The minimum absolute atomic E-state index is 0.207. The van der Waals surface area contributed by atoms with Gasteiger partial charge in [-0.25, -0.2) is 0 Å². The Labute approximate surface area is 159 Å². The van der Waals surface area contributed by atoms with E-state index in [4.69, 9.17) is 4.55 Å². The molecule has 0 radical (unpaired) electrons. The van der Waals surface area contributed by atoms with E-state index in [1.165, 1.54) is 0 Å². The molecule has 0 aliphatic carbocycles. The van der Waals surface area contributed by atoms with Crippen molar-refractivity contribution in [3.05, 3.63) is 35.9 Å². The van der Waals surface area contributed by atoms with Gasteiger partial charge in [-0.2, -0.15) is 8.42 Å². The molecule has 27 heavy (non-hydrogen) atoms. The second-order valence-electron chi connectivity index (χ2n) is 6.45. The van der Waals surface area contributed by atoms with E-state index in [0.717, 1.165) is 18.9 Å². The Morgan fingerprint density at radius 1 is 1.04 bits per heavy atom. The Hall–Kier alpha value is -0.570. The van der Waals surface area contributed by atoms with Gasteiger partial charge in [0, 0.05) is 0 Å². The standard InChI is InChI=1S/C14H24O6P2.CH4O3S/c1-3-12(13-8-5-4-6-9-13)10-7-11-14(2,21(15,16)17)22(18,19)20;1-5(2,3)4/h4-6,8-9,12H,3,7,10-11H2,1-2H3,(H2,15,16,17)(H2,18,19,20);1H3,(H,2,3,4). The zero-order valence-corrected chi connectivity index (χ0v) is 18.1. The summed E-state index contributed by atoms with van der Waals surface area (Å²) in [7, 11) is -13.5. The minimum Gasteiger partial charge on any atom is -0.324 e. The van der Waals surface area contributed by atoms with Crippen molar-refractivity contribution in [2.45, 2.75) is 50.3 Å². The Morgan fingerprint density at radius 2 is 1.44 bits per heavy atom. The van der Waals surface area contributed by atoms with Gasteiger partial charge in [0.25, 0.3) is 10.1 Å².